The molecule has 1 aliphatic rings. The second-order valence-electron chi connectivity index (χ2n) is 3.82. The molecule has 0 radical (unpaired) electrons. The van der Waals surface area contributed by atoms with Gasteiger partial charge in [-0.25, -0.2) is 0 Å². The van der Waals surface area contributed by atoms with E-state index in [9.17, 15) is 0 Å². The number of hydrogen-bond acceptors (Lipinski definition) is 1. The highest BCUT2D eigenvalue weighted by atomic mass is 35.5. The molecule has 2 rings (SSSR count). The highest BCUT2D eigenvalue weighted by Crippen LogP contribution is 2.24. The Bertz CT molecular complexity index is 648. The molecular formula is C15H19ClN2S. The van der Waals surface area contributed by atoms with E-state index in [4.69, 9.17) is 23.8 Å². The lowest BCUT2D eigenvalue weighted by molar-refractivity contribution is 0.855. The van der Waals surface area contributed by atoms with E-state index >= 15 is 0 Å². The van der Waals surface area contributed by atoms with Crippen LogP contribution in [0.4, 0.5) is 0 Å². The molecule has 0 saturated carbocycles. The van der Waals surface area contributed by atoms with Gasteiger partial charge >= 0.3 is 0 Å². The highest BCUT2D eigenvalue weighted by molar-refractivity contribution is 7.71. The molecule has 0 aliphatic heterocycles. The smallest absolute Gasteiger partial charge is 0.175 e. The first kappa shape index (κ1) is 15.7. The third-order valence-electron chi connectivity index (χ3n) is 2.73. The van der Waals surface area contributed by atoms with Crippen LogP contribution in [0, 0.1) is 10.7 Å². The monoisotopic (exact) mass is 294 g/mol. The van der Waals surface area contributed by atoms with Crippen LogP contribution >= 0.6 is 23.8 Å². The predicted octanol–water partition coefficient (Wildman–Crippen LogP) is 3.20. The van der Waals surface area contributed by atoms with E-state index in [-0.39, 0.29) is 11.3 Å². The minimum Gasteiger partial charge on any atom is -0.331 e. The van der Waals surface area contributed by atoms with Crippen LogP contribution in [-0.4, -0.2) is 15.3 Å². The van der Waals surface area contributed by atoms with Crippen molar-refractivity contribution in [2.75, 3.05) is 0 Å². The van der Waals surface area contributed by atoms with Crippen molar-refractivity contribution in [2.24, 2.45) is 5.92 Å². The minimum atomic E-state index is -0.117. The molecule has 1 aliphatic carbocycles. The van der Waals surface area contributed by atoms with E-state index in [1.54, 1.807) is 12.2 Å². The van der Waals surface area contributed by atoms with Gasteiger partial charge in [-0.3, -0.25) is 0 Å². The second-order valence-corrected chi connectivity index (χ2v) is 4.73. The van der Waals surface area contributed by atoms with Crippen molar-refractivity contribution in [3.63, 3.8) is 0 Å². The summed E-state index contributed by atoms with van der Waals surface area (Å²) in [5.74, 6) is 0.0844. The van der Waals surface area contributed by atoms with Gasteiger partial charge in [0.05, 0.1) is 16.1 Å². The molecule has 2 unspecified atom stereocenters. The minimum absolute atomic E-state index is 0.0844. The molecule has 0 amide bonds. The van der Waals surface area contributed by atoms with E-state index in [2.05, 4.69) is 29.2 Å². The number of imidazole rings is 1. The molecular weight excluding hydrogens is 276 g/mol. The summed E-state index contributed by atoms with van der Waals surface area (Å²) >= 11 is 11.4. The van der Waals surface area contributed by atoms with E-state index in [0.29, 0.717) is 4.77 Å². The number of aromatic amines is 2. The highest BCUT2D eigenvalue weighted by Gasteiger charge is 2.20. The SMILES string of the molecule is C=C/C=C(\C=C)C1C=c2[nH]c(=S)[nH]c2=CC1Cl.CC. The number of allylic oxidation sites excluding steroid dienone is 4. The summed E-state index contributed by atoms with van der Waals surface area (Å²) in [6.45, 7) is 11.5. The molecule has 102 valence electrons. The molecule has 2 atom stereocenters. The predicted molar refractivity (Wildman–Crippen MR) is 87.1 cm³/mol. The van der Waals surface area contributed by atoms with Gasteiger partial charge in [0, 0.05) is 5.92 Å². The van der Waals surface area contributed by atoms with Crippen LogP contribution in [0.1, 0.15) is 13.8 Å². The molecule has 19 heavy (non-hydrogen) atoms. The third kappa shape index (κ3) is 3.58. The van der Waals surface area contributed by atoms with Crippen LogP contribution in [0.25, 0.3) is 12.2 Å². The molecule has 1 aromatic rings. The summed E-state index contributed by atoms with van der Waals surface area (Å²) in [4.78, 5) is 6.15. The largest absolute Gasteiger partial charge is 0.331 e. The number of aromatic nitrogens is 2. The van der Waals surface area contributed by atoms with Crippen molar-refractivity contribution in [3.8, 4) is 0 Å². The molecule has 1 heterocycles. The first-order valence-corrected chi connectivity index (χ1v) is 7.11. The van der Waals surface area contributed by atoms with Gasteiger partial charge in [-0.05, 0) is 29.9 Å². The Morgan fingerprint density at radius 1 is 1.26 bits per heavy atom. The molecule has 4 heteroatoms. The summed E-state index contributed by atoms with van der Waals surface area (Å²) in [5.41, 5.74) is 1.04. The fourth-order valence-electron chi connectivity index (χ4n) is 1.94. The Labute approximate surface area is 123 Å². The molecule has 1 aromatic heterocycles. The zero-order valence-corrected chi connectivity index (χ0v) is 12.8. The van der Waals surface area contributed by atoms with Crippen molar-refractivity contribution in [1.29, 1.82) is 0 Å². The molecule has 0 saturated heterocycles. The standard InChI is InChI=1S/C13H13ClN2S.C2H6/c1-3-5-8(4-2)9-6-11-12(7-10(9)14)16-13(17)15-11;1-2/h3-7,9-10H,1-2H2,(H2,15,16,17);1-2H3/b8-5+;. The topological polar surface area (TPSA) is 31.6 Å². The van der Waals surface area contributed by atoms with E-state index in [0.717, 1.165) is 16.3 Å². The molecule has 2 nitrogen and oxygen atoms in total. The normalized spacial score (nSPS) is 21.1. The van der Waals surface area contributed by atoms with Gasteiger partial charge in [-0.15, -0.1) is 11.6 Å². The van der Waals surface area contributed by atoms with Gasteiger partial charge in [0.25, 0.3) is 0 Å². The van der Waals surface area contributed by atoms with Gasteiger partial charge in [0.1, 0.15) is 0 Å². The average Bonchev–Trinajstić information content (AvgIpc) is 2.77. The number of hydrogen-bond donors (Lipinski definition) is 2. The summed E-state index contributed by atoms with van der Waals surface area (Å²) in [6, 6.07) is 0. The third-order valence-corrected chi connectivity index (χ3v) is 3.33. The Morgan fingerprint density at radius 2 is 1.84 bits per heavy atom. The lowest BCUT2D eigenvalue weighted by atomic mass is 9.91. The number of H-pyrrole nitrogens is 2. The molecule has 2 N–H and O–H groups in total. The second kappa shape index (κ2) is 7.31. The van der Waals surface area contributed by atoms with Crippen molar-refractivity contribution in [2.45, 2.75) is 19.2 Å². The maximum absolute atomic E-state index is 6.35. The van der Waals surface area contributed by atoms with Crippen LogP contribution in [0.5, 0.6) is 0 Å². The fourth-order valence-corrected chi connectivity index (χ4v) is 2.50. The van der Waals surface area contributed by atoms with E-state index < -0.39 is 0 Å². The van der Waals surface area contributed by atoms with Crippen LogP contribution in [0.2, 0.25) is 0 Å². The number of alkyl halides is 1. The van der Waals surface area contributed by atoms with Crippen LogP contribution in [-0.2, 0) is 0 Å². The van der Waals surface area contributed by atoms with Crippen LogP contribution in [0.3, 0.4) is 0 Å². The number of fused-ring (bicyclic) bond motifs is 1. The maximum atomic E-state index is 6.35. The Kier molecular flexibility index (Phi) is 6.06. The van der Waals surface area contributed by atoms with Crippen molar-refractivity contribution in [3.05, 3.63) is 52.4 Å². The van der Waals surface area contributed by atoms with E-state index in [1.807, 2.05) is 26.0 Å². The first-order valence-electron chi connectivity index (χ1n) is 6.27. The van der Waals surface area contributed by atoms with Crippen LogP contribution < -0.4 is 10.7 Å². The van der Waals surface area contributed by atoms with Gasteiger partial charge in [0.2, 0.25) is 0 Å². The Balaban J connectivity index is 0.000000861. The number of nitrogens with one attached hydrogen (secondary N) is 2. The lowest BCUT2D eigenvalue weighted by Gasteiger charge is -2.19. The van der Waals surface area contributed by atoms with Gasteiger partial charge in [-0.1, -0.05) is 45.2 Å². The number of halogens is 1. The molecule has 0 bridgehead atoms. The lowest BCUT2D eigenvalue weighted by Crippen LogP contribution is -2.34. The zero-order chi connectivity index (χ0) is 14.4. The summed E-state index contributed by atoms with van der Waals surface area (Å²) in [5, 5.41) is 1.81. The molecule has 0 fully saturated rings. The van der Waals surface area contributed by atoms with Crippen molar-refractivity contribution in [1.82, 2.24) is 9.97 Å². The van der Waals surface area contributed by atoms with E-state index in [1.165, 1.54) is 0 Å². The van der Waals surface area contributed by atoms with Crippen molar-refractivity contribution < 1.29 is 0 Å². The summed E-state index contributed by atoms with van der Waals surface area (Å²) in [7, 11) is 0. The van der Waals surface area contributed by atoms with Crippen molar-refractivity contribution >= 4 is 36.0 Å². The first-order chi connectivity index (χ1) is 9.15. The van der Waals surface area contributed by atoms with Gasteiger partial charge < -0.3 is 9.97 Å². The summed E-state index contributed by atoms with van der Waals surface area (Å²) in [6.07, 6.45) is 9.50. The molecule has 0 spiro atoms. The Hall–Kier alpha value is -1.32. The van der Waals surface area contributed by atoms with Gasteiger partial charge in [-0.2, -0.15) is 0 Å². The van der Waals surface area contributed by atoms with Gasteiger partial charge in [0.15, 0.2) is 4.77 Å². The zero-order valence-electron chi connectivity index (χ0n) is 11.2. The van der Waals surface area contributed by atoms with Crippen LogP contribution in [0.15, 0.2) is 37.0 Å². The number of rotatable bonds is 3. The maximum Gasteiger partial charge on any atom is 0.175 e. The average molecular weight is 295 g/mol. The molecule has 0 aromatic carbocycles. The summed E-state index contributed by atoms with van der Waals surface area (Å²) < 4.78 is 0.611. The fraction of sp³-hybridized carbons (Fsp3) is 0.267. The Morgan fingerprint density at radius 3 is 2.37 bits per heavy atom. The quantitative estimate of drug-likeness (QED) is 0.501.